The Labute approximate surface area is 174 Å². The van der Waals surface area contributed by atoms with Gasteiger partial charge >= 0.3 is 0 Å². The molecule has 0 aliphatic rings. The second kappa shape index (κ2) is 9.43. The number of anilines is 2. The molecule has 0 spiro atoms. The summed E-state index contributed by atoms with van der Waals surface area (Å²) in [5.74, 6) is 0.765. The summed E-state index contributed by atoms with van der Waals surface area (Å²) in [7, 11) is 0. The maximum Gasteiger partial charge on any atom is 0.234 e. The number of hydrogen-bond acceptors (Lipinski definition) is 5. The van der Waals surface area contributed by atoms with E-state index in [4.69, 9.17) is 4.74 Å². The summed E-state index contributed by atoms with van der Waals surface area (Å²) < 4.78 is 5.54. The van der Waals surface area contributed by atoms with Crippen LogP contribution in [0.25, 0.3) is 10.9 Å². The molecular formula is C22H23N3O3S. The summed E-state index contributed by atoms with van der Waals surface area (Å²) in [6.45, 7) is 6.00. The Hall–Kier alpha value is -3.06. The summed E-state index contributed by atoms with van der Waals surface area (Å²) in [4.78, 5) is 28.2. The number of hydrogen-bond donors (Lipinski definition) is 2. The minimum Gasteiger partial charge on any atom is -0.494 e. The number of benzene rings is 2. The summed E-state index contributed by atoms with van der Waals surface area (Å²) in [6, 6.07) is 14.9. The van der Waals surface area contributed by atoms with E-state index < -0.39 is 0 Å². The van der Waals surface area contributed by atoms with Crippen LogP contribution >= 0.6 is 11.8 Å². The lowest BCUT2D eigenvalue weighted by Crippen LogP contribution is -2.14. The molecule has 0 aliphatic heterocycles. The molecule has 29 heavy (non-hydrogen) atoms. The first-order valence-corrected chi connectivity index (χ1v) is 10.3. The fourth-order valence-electron chi connectivity index (χ4n) is 2.85. The first-order valence-electron chi connectivity index (χ1n) is 9.29. The number of pyridine rings is 1. The number of aryl methyl sites for hydroxylation is 1. The molecule has 0 fully saturated rings. The standard InChI is InChI=1S/C22H23N3O3S/c1-4-28-19-8-9-20-16(11-19)10-14(2)22(25-20)29-13-21(27)24-18-7-5-6-17(12-18)23-15(3)26/h5-12H,4,13H2,1-3H3,(H,23,26)(H,24,27). The van der Waals surface area contributed by atoms with Crippen molar-refractivity contribution in [3.63, 3.8) is 0 Å². The van der Waals surface area contributed by atoms with Crippen LogP contribution < -0.4 is 15.4 Å². The third kappa shape index (κ3) is 5.71. The molecule has 0 saturated heterocycles. The molecule has 2 N–H and O–H groups in total. The molecule has 1 aromatic heterocycles. The minimum atomic E-state index is -0.157. The van der Waals surface area contributed by atoms with Gasteiger partial charge in [0.15, 0.2) is 0 Å². The van der Waals surface area contributed by atoms with Crippen LogP contribution in [-0.4, -0.2) is 29.2 Å². The number of ether oxygens (including phenoxy) is 1. The van der Waals surface area contributed by atoms with Gasteiger partial charge in [0, 0.05) is 23.7 Å². The summed E-state index contributed by atoms with van der Waals surface area (Å²) in [5, 5.41) is 7.38. The number of fused-ring (bicyclic) bond motifs is 1. The summed E-state index contributed by atoms with van der Waals surface area (Å²) >= 11 is 1.39. The smallest absolute Gasteiger partial charge is 0.234 e. The molecule has 150 valence electrons. The van der Waals surface area contributed by atoms with Crippen molar-refractivity contribution in [2.24, 2.45) is 0 Å². The topological polar surface area (TPSA) is 80.3 Å². The van der Waals surface area contributed by atoms with E-state index >= 15 is 0 Å². The van der Waals surface area contributed by atoms with Gasteiger partial charge in [-0.15, -0.1) is 0 Å². The fraction of sp³-hybridized carbons (Fsp3) is 0.227. The third-order valence-corrected chi connectivity index (χ3v) is 5.14. The van der Waals surface area contributed by atoms with Gasteiger partial charge in [-0.05, 0) is 61.9 Å². The van der Waals surface area contributed by atoms with Crippen molar-refractivity contribution in [1.29, 1.82) is 0 Å². The average molecular weight is 410 g/mol. The van der Waals surface area contributed by atoms with Crippen molar-refractivity contribution < 1.29 is 14.3 Å². The number of aromatic nitrogens is 1. The minimum absolute atomic E-state index is 0.136. The number of nitrogens with one attached hydrogen (secondary N) is 2. The third-order valence-electron chi connectivity index (χ3n) is 4.05. The molecule has 0 saturated carbocycles. The molecule has 2 amide bonds. The van der Waals surface area contributed by atoms with E-state index in [1.54, 1.807) is 24.3 Å². The van der Waals surface area contributed by atoms with Crippen LogP contribution in [0.2, 0.25) is 0 Å². The monoisotopic (exact) mass is 409 g/mol. The average Bonchev–Trinajstić information content (AvgIpc) is 2.66. The van der Waals surface area contributed by atoms with Gasteiger partial charge in [-0.1, -0.05) is 17.8 Å². The van der Waals surface area contributed by atoms with Crippen molar-refractivity contribution >= 4 is 45.9 Å². The largest absolute Gasteiger partial charge is 0.494 e. The van der Waals surface area contributed by atoms with Gasteiger partial charge in [-0.25, -0.2) is 4.98 Å². The lowest BCUT2D eigenvalue weighted by atomic mass is 10.1. The zero-order valence-electron chi connectivity index (χ0n) is 16.6. The normalized spacial score (nSPS) is 10.6. The van der Waals surface area contributed by atoms with E-state index in [-0.39, 0.29) is 17.6 Å². The van der Waals surface area contributed by atoms with E-state index in [0.717, 1.165) is 27.2 Å². The quantitative estimate of drug-likeness (QED) is 0.556. The molecular weight excluding hydrogens is 386 g/mol. The highest BCUT2D eigenvalue weighted by molar-refractivity contribution is 8.00. The Kier molecular flexibility index (Phi) is 6.72. The number of nitrogens with zero attached hydrogens (tertiary/aromatic N) is 1. The number of amides is 2. The predicted molar refractivity (Wildman–Crippen MR) is 118 cm³/mol. The first-order chi connectivity index (χ1) is 13.9. The predicted octanol–water partition coefficient (Wildman–Crippen LogP) is 4.63. The van der Waals surface area contributed by atoms with Crippen LogP contribution in [-0.2, 0) is 9.59 Å². The maximum absolute atomic E-state index is 12.3. The van der Waals surface area contributed by atoms with Gasteiger partial charge in [0.05, 0.1) is 17.9 Å². The van der Waals surface area contributed by atoms with Crippen LogP contribution in [0.4, 0.5) is 11.4 Å². The zero-order valence-corrected chi connectivity index (χ0v) is 17.4. The highest BCUT2D eigenvalue weighted by atomic mass is 32.2. The Bertz CT molecular complexity index is 1050. The molecule has 3 rings (SSSR count). The highest BCUT2D eigenvalue weighted by Crippen LogP contribution is 2.27. The number of carbonyl (C=O) groups excluding carboxylic acids is 2. The molecule has 0 atom stereocenters. The maximum atomic E-state index is 12.3. The van der Waals surface area contributed by atoms with Crippen molar-refractivity contribution in [3.8, 4) is 5.75 Å². The van der Waals surface area contributed by atoms with Crippen molar-refractivity contribution in [2.75, 3.05) is 23.0 Å². The van der Waals surface area contributed by atoms with Crippen LogP contribution in [0.3, 0.4) is 0 Å². The Morgan fingerprint density at radius 1 is 1.07 bits per heavy atom. The molecule has 6 nitrogen and oxygen atoms in total. The number of thioether (sulfide) groups is 1. The molecule has 1 heterocycles. The van der Waals surface area contributed by atoms with E-state index in [1.165, 1.54) is 18.7 Å². The van der Waals surface area contributed by atoms with Gasteiger partial charge in [0.1, 0.15) is 10.8 Å². The molecule has 0 unspecified atom stereocenters. The SMILES string of the molecule is CCOc1ccc2nc(SCC(=O)Nc3cccc(NC(C)=O)c3)c(C)cc2c1. The van der Waals surface area contributed by atoms with Gasteiger partial charge < -0.3 is 15.4 Å². The van der Waals surface area contributed by atoms with Crippen molar-refractivity contribution in [2.45, 2.75) is 25.8 Å². The molecule has 0 radical (unpaired) electrons. The van der Waals surface area contributed by atoms with Crippen molar-refractivity contribution in [3.05, 3.63) is 54.1 Å². The molecule has 0 bridgehead atoms. The Balaban J connectivity index is 1.65. The lowest BCUT2D eigenvalue weighted by Gasteiger charge is -2.10. The van der Waals surface area contributed by atoms with E-state index in [9.17, 15) is 9.59 Å². The number of rotatable bonds is 7. The molecule has 2 aromatic carbocycles. The lowest BCUT2D eigenvalue weighted by molar-refractivity contribution is -0.114. The van der Waals surface area contributed by atoms with Crippen LogP contribution in [0, 0.1) is 6.92 Å². The molecule has 7 heteroatoms. The Morgan fingerprint density at radius 3 is 2.55 bits per heavy atom. The number of carbonyl (C=O) groups is 2. The fourth-order valence-corrected chi connectivity index (χ4v) is 3.64. The molecule has 0 aliphatic carbocycles. The second-order valence-electron chi connectivity index (χ2n) is 6.50. The van der Waals surface area contributed by atoms with Gasteiger partial charge in [0.25, 0.3) is 0 Å². The van der Waals surface area contributed by atoms with Crippen LogP contribution in [0.5, 0.6) is 5.75 Å². The first kappa shape index (κ1) is 20.7. The Morgan fingerprint density at radius 2 is 1.83 bits per heavy atom. The van der Waals surface area contributed by atoms with Gasteiger partial charge in [0.2, 0.25) is 11.8 Å². The van der Waals surface area contributed by atoms with E-state index in [1.807, 2.05) is 32.0 Å². The van der Waals surface area contributed by atoms with Gasteiger partial charge in [-0.3, -0.25) is 9.59 Å². The second-order valence-corrected chi connectivity index (χ2v) is 7.46. The highest BCUT2D eigenvalue weighted by Gasteiger charge is 2.09. The van der Waals surface area contributed by atoms with E-state index in [2.05, 4.69) is 21.7 Å². The van der Waals surface area contributed by atoms with Gasteiger partial charge in [-0.2, -0.15) is 0 Å². The molecule has 3 aromatic rings. The summed E-state index contributed by atoms with van der Waals surface area (Å²) in [6.07, 6.45) is 0. The summed E-state index contributed by atoms with van der Waals surface area (Å²) in [5.41, 5.74) is 3.15. The van der Waals surface area contributed by atoms with Crippen molar-refractivity contribution in [1.82, 2.24) is 4.98 Å². The van der Waals surface area contributed by atoms with Crippen LogP contribution in [0.15, 0.2) is 53.6 Å². The van der Waals surface area contributed by atoms with E-state index in [0.29, 0.717) is 18.0 Å². The van der Waals surface area contributed by atoms with Crippen LogP contribution in [0.1, 0.15) is 19.4 Å². The zero-order chi connectivity index (χ0) is 20.8.